The zero-order chi connectivity index (χ0) is 44.4. The summed E-state index contributed by atoms with van der Waals surface area (Å²) in [6.45, 7) is 9.49. The van der Waals surface area contributed by atoms with Gasteiger partial charge in [-0.1, -0.05) is 225 Å². The highest BCUT2D eigenvalue weighted by Crippen LogP contribution is 2.40. The van der Waals surface area contributed by atoms with Crippen molar-refractivity contribution in [2.45, 2.75) is 271 Å². The lowest BCUT2D eigenvalue weighted by atomic mass is 10.1. The first-order valence-corrected chi connectivity index (χ1v) is 26.7. The molecule has 8 nitrogen and oxygen atoms in total. The molecule has 62 heavy (non-hydrogen) atoms. The Morgan fingerprint density at radius 1 is 0.484 bits per heavy atom. The number of aryl methyl sites for hydroxylation is 1. The van der Waals surface area contributed by atoms with Crippen LogP contribution in [-0.4, -0.2) is 45.9 Å². The summed E-state index contributed by atoms with van der Waals surface area (Å²) in [5, 5.41) is 17.9. The average Bonchev–Trinajstić information content (AvgIpc) is 3.71. The van der Waals surface area contributed by atoms with E-state index in [0.717, 1.165) is 92.7 Å². The number of ether oxygens (including phenoxy) is 3. The predicted octanol–water partition coefficient (Wildman–Crippen LogP) is 16.6. The maximum Gasteiger partial charge on any atom is 0.303 e. The van der Waals surface area contributed by atoms with Crippen LogP contribution in [0.4, 0.5) is 0 Å². The molecule has 0 spiro atoms. The number of aliphatic carboxylic acids is 1. The van der Waals surface area contributed by atoms with Gasteiger partial charge in [0, 0.05) is 12.6 Å². The van der Waals surface area contributed by atoms with Gasteiger partial charge >= 0.3 is 5.97 Å². The molecule has 0 unspecified atom stereocenters. The Hall–Kier alpha value is -2.77. The molecule has 0 bridgehead atoms. The molecule has 0 aliphatic carbocycles. The lowest BCUT2D eigenvalue weighted by Crippen LogP contribution is -2.08. The SMILES string of the molecule is CCCCCCCCCCCCOc1cc(Cn2cc(CCCCCCCCC(=O)O)nn2)cc(OCCCCCCCCCCCC)c1OCCCCCCCCCCCC. The number of rotatable bonds is 47. The van der Waals surface area contributed by atoms with E-state index in [-0.39, 0.29) is 6.42 Å². The first-order valence-electron chi connectivity index (χ1n) is 26.7. The molecule has 0 amide bonds. The summed E-state index contributed by atoms with van der Waals surface area (Å²) in [6.07, 6.45) is 48.4. The van der Waals surface area contributed by atoms with Gasteiger partial charge in [0.2, 0.25) is 5.75 Å². The largest absolute Gasteiger partial charge is 0.490 e. The van der Waals surface area contributed by atoms with E-state index < -0.39 is 5.97 Å². The van der Waals surface area contributed by atoms with E-state index in [1.54, 1.807) is 0 Å². The van der Waals surface area contributed by atoms with Gasteiger partial charge in [-0.15, -0.1) is 5.10 Å². The van der Waals surface area contributed by atoms with E-state index >= 15 is 0 Å². The highest BCUT2D eigenvalue weighted by Gasteiger charge is 2.17. The Balaban J connectivity index is 2.05. The van der Waals surface area contributed by atoms with Gasteiger partial charge in [-0.05, 0) is 56.2 Å². The molecule has 358 valence electrons. The molecule has 0 aliphatic heterocycles. The van der Waals surface area contributed by atoms with Crippen molar-refractivity contribution < 1.29 is 24.1 Å². The number of unbranched alkanes of at least 4 members (excludes halogenated alkanes) is 32. The summed E-state index contributed by atoms with van der Waals surface area (Å²) in [7, 11) is 0. The van der Waals surface area contributed by atoms with E-state index in [1.165, 1.54) is 173 Å². The van der Waals surface area contributed by atoms with E-state index in [4.69, 9.17) is 19.3 Å². The second kappa shape index (κ2) is 41.0. The number of benzene rings is 1. The van der Waals surface area contributed by atoms with Crippen molar-refractivity contribution in [2.24, 2.45) is 0 Å². The molecule has 0 atom stereocenters. The van der Waals surface area contributed by atoms with E-state index in [1.807, 2.05) is 4.68 Å². The Morgan fingerprint density at radius 2 is 0.839 bits per heavy atom. The first-order chi connectivity index (χ1) is 30.6. The first kappa shape index (κ1) is 55.4. The van der Waals surface area contributed by atoms with Crippen LogP contribution < -0.4 is 14.2 Å². The van der Waals surface area contributed by atoms with Gasteiger partial charge < -0.3 is 19.3 Å². The van der Waals surface area contributed by atoms with Crippen LogP contribution in [-0.2, 0) is 17.8 Å². The molecule has 0 saturated heterocycles. The number of carboxylic acid groups (broad SMARTS) is 1. The van der Waals surface area contributed by atoms with Crippen molar-refractivity contribution in [1.29, 1.82) is 0 Å². The fourth-order valence-electron chi connectivity index (χ4n) is 8.39. The van der Waals surface area contributed by atoms with Crippen LogP contribution in [0.15, 0.2) is 18.3 Å². The van der Waals surface area contributed by atoms with Gasteiger partial charge in [0.05, 0.1) is 32.1 Å². The van der Waals surface area contributed by atoms with E-state index in [0.29, 0.717) is 26.4 Å². The Labute approximate surface area is 381 Å². The highest BCUT2D eigenvalue weighted by atomic mass is 16.5. The van der Waals surface area contributed by atoms with Crippen LogP contribution in [0.3, 0.4) is 0 Å². The number of aromatic nitrogens is 3. The minimum Gasteiger partial charge on any atom is -0.490 e. The quantitative estimate of drug-likeness (QED) is 0.0662. The van der Waals surface area contributed by atoms with Gasteiger partial charge in [-0.3, -0.25) is 4.79 Å². The molecule has 2 aromatic rings. The van der Waals surface area contributed by atoms with Crippen LogP contribution >= 0.6 is 0 Å². The van der Waals surface area contributed by atoms with Crippen molar-refractivity contribution in [1.82, 2.24) is 15.0 Å². The molecule has 1 N–H and O–H groups in total. The third kappa shape index (κ3) is 31.1. The zero-order valence-electron chi connectivity index (χ0n) is 40.9. The smallest absolute Gasteiger partial charge is 0.303 e. The van der Waals surface area contributed by atoms with Gasteiger partial charge in [-0.2, -0.15) is 0 Å². The Morgan fingerprint density at radius 3 is 1.24 bits per heavy atom. The van der Waals surface area contributed by atoms with Gasteiger partial charge in [0.25, 0.3) is 0 Å². The molecule has 0 saturated carbocycles. The molecule has 1 aromatic heterocycles. The maximum absolute atomic E-state index is 10.8. The minimum atomic E-state index is -0.696. The second-order valence-corrected chi connectivity index (χ2v) is 18.4. The van der Waals surface area contributed by atoms with Crippen LogP contribution in [0.2, 0.25) is 0 Å². The minimum absolute atomic E-state index is 0.276. The molecule has 0 radical (unpaired) electrons. The summed E-state index contributed by atoms with van der Waals surface area (Å²) >= 11 is 0. The van der Waals surface area contributed by atoms with Crippen LogP contribution in [0.25, 0.3) is 0 Å². The fourth-order valence-corrected chi connectivity index (χ4v) is 8.39. The van der Waals surface area contributed by atoms with Gasteiger partial charge in [0.15, 0.2) is 11.5 Å². The van der Waals surface area contributed by atoms with Crippen LogP contribution in [0.1, 0.15) is 270 Å². The second-order valence-electron chi connectivity index (χ2n) is 18.4. The van der Waals surface area contributed by atoms with Crippen molar-refractivity contribution in [3.63, 3.8) is 0 Å². The normalized spacial score (nSPS) is 11.4. The third-order valence-corrected chi connectivity index (χ3v) is 12.3. The highest BCUT2D eigenvalue weighted by molar-refractivity contribution is 5.66. The standard InChI is InChI=1S/C54H97N3O5/c1-4-7-10-13-16-19-22-27-32-37-42-60-51-45-49(47-57-48-50(55-56-57)40-35-30-25-26-31-36-41-53(58)59)46-52(61-43-38-33-28-23-20-17-14-11-8-5-2)54(51)62-44-39-34-29-24-21-18-15-12-9-6-3/h45-46,48H,4-44,47H2,1-3H3,(H,58,59). The monoisotopic (exact) mass is 868 g/mol. The van der Waals surface area contributed by atoms with Crippen LogP contribution in [0, 0.1) is 0 Å². The maximum atomic E-state index is 10.8. The lowest BCUT2D eigenvalue weighted by Gasteiger charge is -2.19. The topological polar surface area (TPSA) is 95.7 Å². The number of carbonyl (C=O) groups is 1. The molecule has 2 rings (SSSR count). The van der Waals surface area contributed by atoms with Crippen molar-refractivity contribution >= 4 is 5.97 Å². The molecular weight excluding hydrogens is 771 g/mol. The van der Waals surface area contributed by atoms with Gasteiger partial charge in [-0.25, -0.2) is 4.68 Å². The number of nitrogens with zero attached hydrogens (tertiary/aromatic N) is 3. The molecule has 8 heteroatoms. The van der Waals surface area contributed by atoms with Crippen molar-refractivity contribution in [2.75, 3.05) is 19.8 Å². The molecule has 1 aromatic carbocycles. The molecule has 1 heterocycles. The number of hydrogen-bond donors (Lipinski definition) is 1. The van der Waals surface area contributed by atoms with Crippen molar-refractivity contribution in [3.05, 3.63) is 29.6 Å². The summed E-state index contributed by atoms with van der Waals surface area (Å²) < 4.78 is 21.8. The Bertz CT molecular complexity index is 1250. The fraction of sp³-hybridized carbons (Fsp3) is 0.833. The predicted molar refractivity (Wildman–Crippen MR) is 261 cm³/mol. The van der Waals surface area contributed by atoms with Gasteiger partial charge in [0.1, 0.15) is 0 Å². The summed E-state index contributed by atoms with van der Waals surface area (Å²) in [6, 6.07) is 4.31. The Kier molecular flexibility index (Phi) is 36.6. The summed E-state index contributed by atoms with van der Waals surface area (Å²) in [5.41, 5.74) is 2.10. The number of carboxylic acids is 1. The van der Waals surface area contributed by atoms with Crippen molar-refractivity contribution in [3.8, 4) is 17.2 Å². The van der Waals surface area contributed by atoms with E-state index in [2.05, 4.69) is 49.4 Å². The van der Waals surface area contributed by atoms with E-state index in [9.17, 15) is 4.79 Å². The zero-order valence-corrected chi connectivity index (χ0v) is 40.9. The van der Waals surface area contributed by atoms with Crippen LogP contribution in [0.5, 0.6) is 17.2 Å². The molecule has 0 aliphatic rings. The lowest BCUT2D eigenvalue weighted by molar-refractivity contribution is -0.137. The third-order valence-electron chi connectivity index (χ3n) is 12.3. The summed E-state index contributed by atoms with van der Waals surface area (Å²) in [5.74, 6) is 1.67. The average molecular weight is 868 g/mol. The molecule has 0 fully saturated rings. The molecular formula is C54H97N3O5. The number of hydrogen-bond acceptors (Lipinski definition) is 6. The summed E-state index contributed by atoms with van der Waals surface area (Å²) in [4.78, 5) is 10.8.